The summed E-state index contributed by atoms with van der Waals surface area (Å²) in [7, 11) is 3.92. The Balaban J connectivity index is 1.43. The highest BCUT2D eigenvalue weighted by molar-refractivity contribution is 5.39. The van der Waals surface area contributed by atoms with Crippen LogP contribution in [-0.2, 0) is 26.1 Å². The standard InChI is InChI=1S/C19H26N4O2/c1-21(2)13-18(24)17-10-16-12-22(6-7-23(16)20-17)11-14-3-4-19-15(9-14)5-8-25-19/h3-4,9-10,18,24H,5-8,11-13H2,1-2H3. The van der Waals surface area contributed by atoms with Crippen LogP contribution in [0.15, 0.2) is 24.3 Å². The molecule has 2 aliphatic heterocycles. The Hall–Kier alpha value is -1.89. The van der Waals surface area contributed by atoms with Gasteiger partial charge in [0.05, 0.1) is 24.5 Å². The molecule has 0 aliphatic carbocycles. The Kier molecular flexibility index (Phi) is 4.50. The minimum atomic E-state index is -0.529. The average molecular weight is 342 g/mol. The van der Waals surface area contributed by atoms with E-state index in [1.54, 1.807) is 0 Å². The van der Waals surface area contributed by atoms with E-state index in [1.165, 1.54) is 16.8 Å². The molecule has 0 amide bonds. The van der Waals surface area contributed by atoms with E-state index in [1.807, 2.05) is 23.7 Å². The van der Waals surface area contributed by atoms with Crippen molar-refractivity contribution in [3.8, 4) is 5.75 Å². The summed E-state index contributed by atoms with van der Waals surface area (Å²) < 4.78 is 7.63. The topological polar surface area (TPSA) is 53.8 Å². The summed E-state index contributed by atoms with van der Waals surface area (Å²) in [5.41, 5.74) is 4.63. The third-order valence-electron chi connectivity index (χ3n) is 4.94. The van der Waals surface area contributed by atoms with Crippen LogP contribution in [0.25, 0.3) is 0 Å². The maximum atomic E-state index is 10.3. The van der Waals surface area contributed by atoms with E-state index in [4.69, 9.17) is 4.74 Å². The predicted octanol–water partition coefficient (Wildman–Crippen LogP) is 1.43. The molecule has 0 spiro atoms. The molecule has 6 heteroatoms. The molecule has 0 saturated heterocycles. The van der Waals surface area contributed by atoms with E-state index in [0.29, 0.717) is 6.54 Å². The van der Waals surface area contributed by atoms with Crippen molar-refractivity contribution in [2.75, 3.05) is 33.8 Å². The first-order valence-electron chi connectivity index (χ1n) is 8.95. The Bertz CT molecular complexity index is 756. The lowest BCUT2D eigenvalue weighted by molar-refractivity contribution is 0.133. The Morgan fingerprint density at radius 3 is 3.00 bits per heavy atom. The quantitative estimate of drug-likeness (QED) is 0.891. The molecule has 2 aromatic rings. The average Bonchev–Trinajstić information content (AvgIpc) is 3.19. The maximum Gasteiger partial charge on any atom is 0.122 e. The van der Waals surface area contributed by atoms with Crippen LogP contribution in [0, 0.1) is 0 Å². The Labute approximate surface area is 148 Å². The number of benzene rings is 1. The van der Waals surface area contributed by atoms with E-state index in [9.17, 15) is 5.11 Å². The normalized spacial score (nSPS) is 18.1. The van der Waals surface area contributed by atoms with Gasteiger partial charge in [0.25, 0.3) is 0 Å². The summed E-state index contributed by atoms with van der Waals surface area (Å²) in [6.45, 7) is 5.06. The van der Waals surface area contributed by atoms with Gasteiger partial charge in [-0.15, -0.1) is 0 Å². The van der Waals surface area contributed by atoms with Crippen molar-refractivity contribution < 1.29 is 9.84 Å². The third-order valence-corrected chi connectivity index (χ3v) is 4.94. The molecule has 3 heterocycles. The maximum absolute atomic E-state index is 10.3. The van der Waals surface area contributed by atoms with Gasteiger partial charge in [-0.1, -0.05) is 12.1 Å². The smallest absolute Gasteiger partial charge is 0.122 e. The van der Waals surface area contributed by atoms with Gasteiger partial charge in [-0.05, 0) is 37.4 Å². The first-order valence-corrected chi connectivity index (χ1v) is 8.95. The number of aromatic nitrogens is 2. The van der Waals surface area contributed by atoms with E-state index in [2.05, 4.69) is 34.3 Å². The summed E-state index contributed by atoms with van der Waals surface area (Å²) in [4.78, 5) is 4.42. The SMILES string of the molecule is CN(C)CC(O)c1cc2n(n1)CCN(Cc1ccc3c(c1)CCO3)C2. The van der Waals surface area contributed by atoms with Gasteiger partial charge in [0.1, 0.15) is 11.9 Å². The molecule has 0 saturated carbocycles. The largest absolute Gasteiger partial charge is 0.493 e. The molecule has 1 aromatic heterocycles. The zero-order valence-electron chi connectivity index (χ0n) is 15.0. The minimum absolute atomic E-state index is 0.529. The molecule has 0 fully saturated rings. The van der Waals surface area contributed by atoms with Crippen molar-refractivity contribution in [2.24, 2.45) is 0 Å². The number of nitrogens with zero attached hydrogens (tertiary/aromatic N) is 4. The van der Waals surface area contributed by atoms with Crippen LogP contribution >= 0.6 is 0 Å². The number of rotatable bonds is 5. The molecule has 1 N–H and O–H groups in total. The van der Waals surface area contributed by atoms with Gasteiger partial charge in [0, 0.05) is 32.6 Å². The van der Waals surface area contributed by atoms with Gasteiger partial charge < -0.3 is 14.7 Å². The highest BCUT2D eigenvalue weighted by Gasteiger charge is 2.22. The van der Waals surface area contributed by atoms with E-state index >= 15 is 0 Å². The number of aliphatic hydroxyl groups is 1. The van der Waals surface area contributed by atoms with Crippen LogP contribution in [0.2, 0.25) is 0 Å². The van der Waals surface area contributed by atoms with Crippen molar-refractivity contribution >= 4 is 0 Å². The summed E-state index contributed by atoms with van der Waals surface area (Å²) in [6.07, 6.45) is 0.488. The van der Waals surface area contributed by atoms with Crippen molar-refractivity contribution in [1.82, 2.24) is 19.6 Å². The molecule has 2 aliphatic rings. The van der Waals surface area contributed by atoms with Crippen LogP contribution in [0.4, 0.5) is 0 Å². The van der Waals surface area contributed by atoms with Crippen molar-refractivity contribution in [3.05, 3.63) is 46.8 Å². The molecule has 4 rings (SSSR count). The number of aliphatic hydroxyl groups excluding tert-OH is 1. The molecule has 134 valence electrons. The first-order chi connectivity index (χ1) is 12.1. The van der Waals surface area contributed by atoms with Crippen molar-refractivity contribution in [2.45, 2.75) is 32.2 Å². The zero-order valence-corrected chi connectivity index (χ0v) is 15.0. The third kappa shape index (κ3) is 3.56. The molecule has 6 nitrogen and oxygen atoms in total. The lowest BCUT2D eigenvalue weighted by atomic mass is 10.1. The highest BCUT2D eigenvalue weighted by Crippen LogP contribution is 2.27. The summed E-state index contributed by atoms with van der Waals surface area (Å²) in [6, 6.07) is 8.60. The van der Waals surface area contributed by atoms with Crippen molar-refractivity contribution in [3.63, 3.8) is 0 Å². The lowest BCUT2D eigenvalue weighted by Gasteiger charge is -2.27. The van der Waals surface area contributed by atoms with Crippen LogP contribution in [0.5, 0.6) is 5.75 Å². The highest BCUT2D eigenvalue weighted by atomic mass is 16.5. The Morgan fingerprint density at radius 1 is 1.28 bits per heavy atom. The molecule has 1 atom stereocenters. The zero-order chi connectivity index (χ0) is 17.4. The van der Waals surface area contributed by atoms with Gasteiger partial charge in [-0.25, -0.2) is 0 Å². The van der Waals surface area contributed by atoms with Crippen LogP contribution < -0.4 is 4.74 Å². The number of likely N-dealkylation sites (N-methyl/N-ethyl adjacent to an activating group) is 1. The molecule has 25 heavy (non-hydrogen) atoms. The molecular weight excluding hydrogens is 316 g/mol. The second-order valence-corrected chi connectivity index (χ2v) is 7.31. The van der Waals surface area contributed by atoms with Gasteiger partial charge in [0.2, 0.25) is 0 Å². The summed E-state index contributed by atoms with van der Waals surface area (Å²) >= 11 is 0. The Morgan fingerprint density at radius 2 is 2.16 bits per heavy atom. The van der Waals surface area contributed by atoms with E-state index in [-0.39, 0.29) is 0 Å². The van der Waals surface area contributed by atoms with Crippen LogP contribution in [-0.4, -0.2) is 58.5 Å². The number of ether oxygens (including phenoxy) is 1. The minimum Gasteiger partial charge on any atom is -0.493 e. The lowest BCUT2D eigenvalue weighted by Crippen LogP contribution is -2.33. The summed E-state index contributed by atoms with van der Waals surface area (Å²) in [5, 5.41) is 14.9. The fraction of sp³-hybridized carbons (Fsp3) is 0.526. The fourth-order valence-electron chi connectivity index (χ4n) is 3.68. The number of hydrogen-bond donors (Lipinski definition) is 1. The van der Waals surface area contributed by atoms with Gasteiger partial charge in [-0.3, -0.25) is 9.58 Å². The summed E-state index contributed by atoms with van der Waals surface area (Å²) in [5.74, 6) is 1.04. The van der Waals surface area contributed by atoms with Crippen LogP contribution in [0.3, 0.4) is 0 Å². The van der Waals surface area contributed by atoms with Gasteiger partial charge in [0.15, 0.2) is 0 Å². The number of fused-ring (bicyclic) bond motifs is 2. The molecule has 0 radical (unpaired) electrons. The molecule has 0 bridgehead atoms. The van der Waals surface area contributed by atoms with E-state index < -0.39 is 6.10 Å². The second kappa shape index (κ2) is 6.78. The van der Waals surface area contributed by atoms with E-state index in [0.717, 1.165) is 50.7 Å². The van der Waals surface area contributed by atoms with Gasteiger partial charge in [-0.2, -0.15) is 5.10 Å². The molecular formula is C19H26N4O2. The molecule has 1 aromatic carbocycles. The van der Waals surface area contributed by atoms with Gasteiger partial charge >= 0.3 is 0 Å². The monoisotopic (exact) mass is 342 g/mol. The van der Waals surface area contributed by atoms with Crippen molar-refractivity contribution in [1.29, 1.82) is 0 Å². The number of hydrogen-bond acceptors (Lipinski definition) is 5. The van der Waals surface area contributed by atoms with Crippen LogP contribution in [0.1, 0.15) is 28.6 Å². The fourth-order valence-corrected chi connectivity index (χ4v) is 3.68. The molecule has 1 unspecified atom stereocenters. The predicted molar refractivity (Wildman–Crippen MR) is 95.5 cm³/mol. The first kappa shape index (κ1) is 16.6. The second-order valence-electron chi connectivity index (χ2n) is 7.31.